The Labute approximate surface area is 123 Å². The molecule has 6 heteroatoms. The molecule has 0 aliphatic rings. The summed E-state index contributed by atoms with van der Waals surface area (Å²) in [4.78, 5) is 0.152. The van der Waals surface area contributed by atoms with Gasteiger partial charge in [0.15, 0.2) is 9.84 Å². The fourth-order valence-electron chi connectivity index (χ4n) is 1.77. The smallest absolute Gasteiger partial charge is 0.182 e. The highest BCUT2D eigenvalue weighted by Gasteiger charge is 2.16. The Morgan fingerprint density at radius 3 is 2.60 bits per heavy atom. The lowest BCUT2D eigenvalue weighted by Gasteiger charge is -2.07. The number of hydrogen-bond acceptors (Lipinski definition) is 4. The number of ether oxygens (including phenoxy) is 1. The summed E-state index contributed by atoms with van der Waals surface area (Å²) < 4.78 is 29.7. The molecule has 2 N–H and O–H groups in total. The second-order valence-corrected chi connectivity index (χ2v) is 6.69. The number of sulfone groups is 1. The largest absolute Gasteiger partial charge is 0.497 e. The lowest BCUT2D eigenvalue weighted by molar-refractivity contribution is 0.414. The number of nitrogen functional groups attached to an aromatic ring is 1. The minimum absolute atomic E-state index is 0.121. The molecule has 20 heavy (non-hydrogen) atoms. The summed E-state index contributed by atoms with van der Waals surface area (Å²) in [7, 11) is -1.94. The average molecular weight is 312 g/mol. The average Bonchev–Trinajstić information content (AvgIpc) is 2.41. The van der Waals surface area contributed by atoms with Crippen molar-refractivity contribution in [2.24, 2.45) is 0 Å². The van der Waals surface area contributed by atoms with Gasteiger partial charge in [-0.05, 0) is 35.9 Å². The van der Waals surface area contributed by atoms with E-state index in [0.29, 0.717) is 17.0 Å². The van der Waals surface area contributed by atoms with E-state index in [1.165, 1.54) is 25.3 Å². The third-order valence-electron chi connectivity index (χ3n) is 2.82. The number of anilines is 1. The van der Waals surface area contributed by atoms with Gasteiger partial charge in [-0.3, -0.25) is 0 Å². The normalized spacial score (nSPS) is 11.3. The van der Waals surface area contributed by atoms with Crippen LogP contribution in [-0.4, -0.2) is 15.5 Å². The van der Waals surface area contributed by atoms with E-state index in [9.17, 15) is 8.42 Å². The first kappa shape index (κ1) is 14.7. The van der Waals surface area contributed by atoms with Crippen LogP contribution < -0.4 is 10.5 Å². The molecule has 0 aliphatic heterocycles. The van der Waals surface area contributed by atoms with E-state index in [-0.39, 0.29) is 15.7 Å². The van der Waals surface area contributed by atoms with Crippen molar-refractivity contribution in [2.75, 3.05) is 12.8 Å². The maximum Gasteiger partial charge on any atom is 0.182 e. The molecule has 0 radical (unpaired) electrons. The standard InChI is InChI=1S/C14H14ClNO3S/c1-19-11-4-2-3-10(7-11)9-20(17,18)12-5-6-14(16)13(15)8-12/h2-8H,9,16H2,1H3. The van der Waals surface area contributed by atoms with E-state index < -0.39 is 9.84 Å². The summed E-state index contributed by atoms with van der Waals surface area (Å²) in [5, 5.41) is 0.233. The van der Waals surface area contributed by atoms with Gasteiger partial charge in [0, 0.05) is 0 Å². The first-order valence-corrected chi connectivity index (χ1v) is 7.86. The Kier molecular flexibility index (Phi) is 4.20. The molecule has 0 saturated heterocycles. The summed E-state index contributed by atoms with van der Waals surface area (Å²) in [5.74, 6) is 0.498. The topological polar surface area (TPSA) is 69.4 Å². The van der Waals surface area contributed by atoms with Gasteiger partial charge in [0.05, 0.1) is 28.5 Å². The highest BCUT2D eigenvalue weighted by Crippen LogP contribution is 2.25. The molecule has 0 aromatic heterocycles. The van der Waals surface area contributed by atoms with Crippen molar-refractivity contribution in [1.29, 1.82) is 0 Å². The molecule has 0 amide bonds. The predicted molar refractivity (Wildman–Crippen MR) is 79.7 cm³/mol. The van der Waals surface area contributed by atoms with Crippen LogP contribution in [0.2, 0.25) is 5.02 Å². The Balaban J connectivity index is 2.32. The summed E-state index contributed by atoms with van der Waals surface area (Å²) in [6.07, 6.45) is 0. The second kappa shape index (κ2) is 5.73. The molecule has 0 fully saturated rings. The molecule has 106 valence electrons. The maximum absolute atomic E-state index is 12.3. The molecular weight excluding hydrogens is 298 g/mol. The Morgan fingerprint density at radius 1 is 1.20 bits per heavy atom. The number of methoxy groups -OCH3 is 1. The summed E-state index contributed by atoms with van der Waals surface area (Å²) >= 11 is 5.86. The zero-order valence-electron chi connectivity index (χ0n) is 10.8. The van der Waals surface area contributed by atoms with E-state index in [2.05, 4.69) is 0 Å². The molecule has 2 rings (SSSR count). The van der Waals surface area contributed by atoms with Gasteiger partial charge in [0.1, 0.15) is 5.75 Å². The SMILES string of the molecule is COc1cccc(CS(=O)(=O)c2ccc(N)c(Cl)c2)c1. The van der Waals surface area contributed by atoms with E-state index in [0.717, 1.165) is 0 Å². The maximum atomic E-state index is 12.3. The van der Waals surface area contributed by atoms with E-state index in [4.69, 9.17) is 22.1 Å². The minimum atomic E-state index is -3.47. The van der Waals surface area contributed by atoms with Gasteiger partial charge in [0.2, 0.25) is 0 Å². The quantitative estimate of drug-likeness (QED) is 0.881. The van der Waals surface area contributed by atoms with Crippen LogP contribution >= 0.6 is 11.6 Å². The van der Waals surface area contributed by atoms with Crippen LogP contribution in [0.4, 0.5) is 5.69 Å². The monoisotopic (exact) mass is 311 g/mol. The first-order chi connectivity index (χ1) is 9.42. The van der Waals surface area contributed by atoms with Gasteiger partial charge in [-0.1, -0.05) is 23.7 Å². The number of nitrogens with two attached hydrogens (primary N) is 1. The molecule has 2 aromatic carbocycles. The van der Waals surface area contributed by atoms with Crippen molar-refractivity contribution in [3.8, 4) is 5.75 Å². The zero-order valence-corrected chi connectivity index (χ0v) is 12.4. The molecule has 0 unspecified atom stereocenters. The van der Waals surface area contributed by atoms with Crippen LogP contribution in [0.15, 0.2) is 47.4 Å². The minimum Gasteiger partial charge on any atom is -0.497 e. The summed E-state index contributed by atoms with van der Waals surface area (Å²) in [6.45, 7) is 0. The second-order valence-electron chi connectivity index (χ2n) is 4.29. The van der Waals surface area contributed by atoms with Gasteiger partial charge >= 0.3 is 0 Å². The number of halogens is 1. The Morgan fingerprint density at radius 2 is 1.95 bits per heavy atom. The molecule has 0 atom stereocenters. The van der Waals surface area contributed by atoms with Crippen LogP contribution in [-0.2, 0) is 15.6 Å². The molecule has 0 aliphatic carbocycles. The number of hydrogen-bond donors (Lipinski definition) is 1. The highest BCUT2D eigenvalue weighted by atomic mass is 35.5. The molecular formula is C14H14ClNO3S. The fraction of sp³-hybridized carbons (Fsp3) is 0.143. The van der Waals surface area contributed by atoms with Crippen LogP contribution in [0.3, 0.4) is 0 Å². The van der Waals surface area contributed by atoms with Gasteiger partial charge in [-0.15, -0.1) is 0 Å². The lowest BCUT2D eigenvalue weighted by Crippen LogP contribution is -2.05. The van der Waals surface area contributed by atoms with Gasteiger partial charge in [-0.2, -0.15) is 0 Å². The van der Waals surface area contributed by atoms with E-state index in [1.807, 2.05) is 0 Å². The lowest BCUT2D eigenvalue weighted by atomic mass is 10.2. The molecule has 0 heterocycles. The molecule has 2 aromatic rings. The third kappa shape index (κ3) is 3.23. The predicted octanol–water partition coefficient (Wildman–Crippen LogP) is 2.90. The van der Waals surface area contributed by atoms with E-state index >= 15 is 0 Å². The van der Waals surface area contributed by atoms with Crippen molar-refractivity contribution < 1.29 is 13.2 Å². The third-order valence-corrected chi connectivity index (χ3v) is 4.83. The van der Waals surface area contributed by atoms with Crippen LogP contribution in [0.5, 0.6) is 5.75 Å². The van der Waals surface area contributed by atoms with Gasteiger partial charge in [0.25, 0.3) is 0 Å². The molecule has 0 bridgehead atoms. The molecule has 4 nitrogen and oxygen atoms in total. The zero-order chi connectivity index (χ0) is 14.8. The Hall–Kier alpha value is -1.72. The van der Waals surface area contributed by atoms with Crippen LogP contribution in [0, 0.1) is 0 Å². The van der Waals surface area contributed by atoms with Gasteiger partial charge in [-0.25, -0.2) is 8.42 Å². The fourth-order valence-corrected chi connectivity index (χ4v) is 3.37. The number of rotatable bonds is 4. The highest BCUT2D eigenvalue weighted by molar-refractivity contribution is 7.90. The van der Waals surface area contributed by atoms with Crippen molar-refractivity contribution >= 4 is 27.1 Å². The van der Waals surface area contributed by atoms with E-state index in [1.54, 1.807) is 24.3 Å². The molecule has 0 spiro atoms. The number of benzene rings is 2. The summed E-state index contributed by atoms with van der Waals surface area (Å²) in [5.41, 5.74) is 6.58. The van der Waals surface area contributed by atoms with Crippen molar-refractivity contribution in [2.45, 2.75) is 10.6 Å². The van der Waals surface area contributed by atoms with Crippen molar-refractivity contribution in [1.82, 2.24) is 0 Å². The Bertz CT molecular complexity index is 729. The van der Waals surface area contributed by atoms with Crippen LogP contribution in [0.1, 0.15) is 5.56 Å². The summed E-state index contributed by atoms with van der Waals surface area (Å²) in [6, 6.07) is 11.2. The van der Waals surface area contributed by atoms with Crippen molar-refractivity contribution in [3.05, 3.63) is 53.1 Å². The first-order valence-electron chi connectivity index (χ1n) is 5.83. The van der Waals surface area contributed by atoms with Gasteiger partial charge < -0.3 is 10.5 Å². The van der Waals surface area contributed by atoms with Crippen molar-refractivity contribution in [3.63, 3.8) is 0 Å². The molecule has 0 saturated carbocycles. The van der Waals surface area contributed by atoms with Crippen LogP contribution in [0.25, 0.3) is 0 Å².